The average Bonchev–Trinajstić information content (AvgIpc) is 2.59. The van der Waals surface area contributed by atoms with Crippen LogP contribution in [0.4, 0.5) is 0 Å². The molecule has 0 saturated heterocycles. The number of carbonyl (C=O) groups excluding carboxylic acids is 1. The van der Waals surface area contributed by atoms with E-state index in [2.05, 4.69) is 54.7 Å². The SMILES string of the molecule is CN[C@@H](CC1=CCCC=C1)/C(=C\C=O)CCc1ccccc1C. The summed E-state index contributed by atoms with van der Waals surface area (Å²) in [5.74, 6) is 0. The van der Waals surface area contributed by atoms with Crippen LogP contribution >= 0.6 is 0 Å². The molecule has 0 heterocycles. The highest BCUT2D eigenvalue weighted by Gasteiger charge is 2.14. The molecule has 0 saturated carbocycles. The Morgan fingerprint density at radius 3 is 2.78 bits per heavy atom. The maximum absolute atomic E-state index is 11.1. The van der Waals surface area contributed by atoms with E-state index in [1.807, 2.05) is 7.05 Å². The summed E-state index contributed by atoms with van der Waals surface area (Å²) in [6, 6.07) is 8.69. The molecule has 1 atom stereocenters. The fourth-order valence-corrected chi connectivity index (χ4v) is 3.10. The number of aldehydes is 1. The number of rotatable bonds is 8. The van der Waals surface area contributed by atoms with Gasteiger partial charge in [0.25, 0.3) is 0 Å². The highest BCUT2D eigenvalue weighted by atomic mass is 16.1. The number of hydrogen-bond donors (Lipinski definition) is 1. The molecule has 0 amide bonds. The molecular weight excluding hydrogens is 282 g/mol. The highest BCUT2D eigenvalue weighted by molar-refractivity contribution is 5.66. The summed E-state index contributed by atoms with van der Waals surface area (Å²) in [6.07, 6.45) is 14.5. The van der Waals surface area contributed by atoms with Gasteiger partial charge in [-0.15, -0.1) is 0 Å². The van der Waals surface area contributed by atoms with E-state index in [4.69, 9.17) is 0 Å². The lowest BCUT2D eigenvalue weighted by atomic mass is 9.91. The zero-order valence-corrected chi connectivity index (χ0v) is 14.2. The molecular formula is C21H27NO. The van der Waals surface area contributed by atoms with Crippen LogP contribution in [-0.4, -0.2) is 19.4 Å². The van der Waals surface area contributed by atoms with Gasteiger partial charge in [0.1, 0.15) is 6.29 Å². The Kier molecular flexibility index (Phi) is 7.02. The topological polar surface area (TPSA) is 29.1 Å². The van der Waals surface area contributed by atoms with Crippen molar-refractivity contribution in [2.75, 3.05) is 7.05 Å². The average molecular weight is 309 g/mol. The lowest BCUT2D eigenvalue weighted by Crippen LogP contribution is -2.28. The Hall–Kier alpha value is -1.93. The zero-order valence-electron chi connectivity index (χ0n) is 14.2. The smallest absolute Gasteiger partial charge is 0.142 e. The van der Waals surface area contributed by atoms with Crippen LogP contribution in [-0.2, 0) is 11.2 Å². The number of hydrogen-bond acceptors (Lipinski definition) is 2. The van der Waals surface area contributed by atoms with E-state index in [9.17, 15) is 4.79 Å². The molecule has 0 bridgehead atoms. The molecule has 1 N–H and O–H groups in total. The molecule has 1 aromatic rings. The summed E-state index contributed by atoms with van der Waals surface area (Å²) in [7, 11) is 1.98. The van der Waals surface area contributed by atoms with Crippen molar-refractivity contribution in [3.8, 4) is 0 Å². The standard InChI is InChI=1S/C21H27NO/c1-17-8-6-7-11-19(17)12-13-20(14-15-23)21(22-2)16-18-9-4-3-5-10-18/h4,6-11,14-15,21-22H,3,5,12-13,16H2,1-2H3/b20-14-/t21-/m0/s1. The fourth-order valence-electron chi connectivity index (χ4n) is 3.10. The van der Waals surface area contributed by atoms with Gasteiger partial charge in [-0.05, 0) is 68.9 Å². The van der Waals surface area contributed by atoms with Crippen LogP contribution in [0.5, 0.6) is 0 Å². The Morgan fingerprint density at radius 1 is 1.30 bits per heavy atom. The van der Waals surface area contributed by atoms with Crippen LogP contribution in [0.3, 0.4) is 0 Å². The Labute approximate surface area is 140 Å². The van der Waals surface area contributed by atoms with E-state index in [1.165, 1.54) is 22.3 Å². The monoisotopic (exact) mass is 309 g/mol. The van der Waals surface area contributed by atoms with Gasteiger partial charge in [-0.1, -0.05) is 48.1 Å². The Balaban J connectivity index is 2.05. The van der Waals surface area contributed by atoms with E-state index < -0.39 is 0 Å². The van der Waals surface area contributed by atoms with E-state index in [0.29, 0.717) is 0 Å². The van der Waals surface area contributed by atoms with Crippen LogP contribution in [0.1, 0.15) is 36.8 Å². The maximum Gasteiger partial charge on any atom is 0.142 e. The van der Waals surface area contributed by atoms with Gasteiger partial charge in [-0.2, -0.15) is 0 Å². The Morgan fingerprint density at radius 2 is 2.13 bits per heavy atom. The van der Waals surface area contributed by atoms with Gasteiger partial charge in [-0.25, -0.2) is 0 Å². The fraction of sp³-hybridized carbons (Fsp3) is 0.381. The lowest BCUT2D eigenvalue weighted by Gasteiger charge is -2.21. The molecule has 23 heavy (non-hydrogen) atoms. The minimum Gasteiger partial charge on any atom is -0.313 e. The van der Waals surface area contributed by atoms with Crippen LogP contribution in [0, 0.1) is 6.92 Å². The van der Waals surface area contributed by atoms with Crippen molar-refractivity contribution in [2.45, 2.75) is 45.1 Å². The molecule has 0 fully saturated rings. The quantitative estimate of drug-likeness (QED) is 0.573. The summed E-state index contributed by atoms with van der Waals surface area (Å²) in [4.78, 5) is 11.1. The number of likely N-dealkylation sites (N-methyl/N-ethyl adjacent to an activating group) is 1. The van der Waals surface area contributed by atoms with Crippen molar-refractivity contribution in [1.29, 1.82) is 0 Å². The molecule has 1 aliphatic carbocycles. The Bertz CT molecular complexity index is 610. The first-order valence-electron chi connectivity index (χ1n) is 8.46. The van der Waals surface area contributed by atoms with Gasteiger partial charge in [0.15, 0.2) is 0 Å². The van der Waals surface area contributed by atoms with Gasteiger partial charge >= 0.3 is 0 Å². The third kappa shape index (κ3) is 5.33. The normalized spacial score (nSPS) is 16.1. The van der Waals surface area contributed by atoms with Crippen molar-refractivity contribution >= 4 is 6.29 Å². The number of nitrogens with one attached hydrogen (secondary N) is 1. The number of carbonyl (C=O) groups is 1. The second-order valence-corrected chi connectivity index (χ2v) is 6.11. The molecule has 2 nitrogen and oxygen atoms in total. The van der Waals surface area contributed by atoms with Crippen LogP contribution in [0.2, 0.25) is 0 Å². The maximum atomic E-state index is 11.1. The first-order chi connectivity index (χ1) is 11.2. The van der Waals surface area contributed by atoms with Gasteiger partial charge in [0.2, 0.25) is 0 Å². The van der Waals surface area contributed by atoms with Crippen LogP contribution < -0.4 is 5.32 Å². The minimum atomic E-state index is 0.221. The minimum absolute atomic E-state index is 0.221. The predicted octanol–water partition coefficient (Wildman–Crippen LogP) is 4.31. The van der Waals surface area contributed by atoms with Crippen molar-refractivity contribution in [3.63, 3.8) is 0 Å². The van der Waals surface area contributed by atoms with Crippen LogP contribution in [0.15, 0.2) is 59.7 Å². The summed E-state index contributed by atoms with van der Waals surface area (Å²) >= 11 is 0. The van der Waals surface area contributed by atoms with E-state index in [0.717, 1.165) is 38.4 Å². The van der Waals surface area contributed by atoms with E-state index in [-0.39, 0.29) is 6.04 Å². The number of benzene rings is 1. The first kappa shape index (κ1) is 17.4. The summed E-state index contributed by atoms with van der Waals surface area (Å²) in [6.45, 7) is 2.14. The van der Waals surface area contributed by atoms with Crippen molar-refractivity contribution in [1.82, 2.24) is 5.32 Å². The van der Waals surface area contributed by atoms with E-state index >= 15 is 0 Å². The van der Waals surface area contributed by atoms with Crippen molar-refractivity contribution < 1.29 is 4.79 Å². The molecule has 2 heteroatoms. The molecule has 0 aromatic heterocycles. The molecule has 0 unspecified atom stereocenters. The molecule has 0 radical (unpaired) electrons. The van der Waals surface area contributed by atoms with Gasteiger partial charge in [-0.3, -0.25) is 4.79 Å². The van der Waals surface area contributed by atoms with Crippen LogP contribution in [0.25, 0.3) is 0 Å². The number of allylic oxidation sites excluding steroid dienone is 4. The summed E-state index contributed by atoms with van der Waals surface area (Å²) in [5, 5.41) is 3.38. The molecule has 0 spiro atoms. The second kappa shape index (κ2) is 9.26. The molecule has 2 rings (SSSR count). The number of aryl methyl sites for hydroxylation is 2. The highest BCUT2D eigenvalue weighted by Crippen LogP contribution is 2.22. The molecule has 1 aromatic carbocycles. The third-order valence-corrected chi connectivity index (χ3v) is 4.53. The largest absolute Gasteiger partial charge is 0.313 e. The first-order valence-corrected chi connectivity index (χ1v) is 8.46. The molecule has 122 valence electrons. The van der Waals surface area contributed by atoms with E-state index in [1.54, 1.807) is 6.08 Å². The van der Waals surface area contributed by atoms with Gasteiger partial charge in [0.05, 0.1) is 0 Å². The van der Waals surface area contributed by atoms with Crippen molar-refractivity contribution in [3.05, 3.63) is 70.8 Å². The molecule has 1 aliphatic rings. The van der Waals surface area contributed by atoms with Gasteiger partial charge < -0.3 is 5.32 Å². The predicted molar refractivity (Wildman–Crippen MR) is 97.6 cm³/mol. The summed E-state index contributed by atoms with van der Waals surface area (Å²) in [5.41, 5.74) is 5.22. The molecule has 0 aliphatic heterocycles. The second-order valence-electron chi connectivity index (χ2n) is 6.11. The lowest BCUT2D eigenvalue weighted by molar-refractivity contribution is -0.104. The zero-order chi connectivity index (χ0) is 16.5. The van der Waals surface area contributed by atoms with Gasteiger partial charge in [0, 0.05) is 6.04 Å². The summed E-state index contributed by atoms with van der Waals surface area (Å²) < 4.78 is 0. The third-order valence-electron chi connectivity index (χ3n) is 4.53. The van der Waals surface area contributed by atoms with Crippen molar-refractivity contribution in [2.24, 2.45) is 0 Å².